The molecule has 0 fully saturated rings. The van der Waals surface area contributed by atoms with E-state index in [4.69, 9.17) is 4.42 Å². The number of likely N-dealkylation sites (N-methyl/N-ethyl adjacent to an activating group) is 1. The maximum Gasteiger partial charge on any atom is 0.417 e. The quantitative estimate of drug-likeness (QED) is 0.836. The molecule has 5 nitrogen and oxygen atoms in total. The summed E-state index contributed by atoms with van der Waals surface area (Å²) in [6, 6.07) is 5.28. The number of hydrogen-bond donors (Lipinski definition) is 2. The molecule has 1 unspecified atom stereocenters. The van der Waals surface area contributed by atoms with Gasteiger partial charge in [-0.3, -0.25) is 4.98 Å². The van der Waals surface area contributed by atoms with E-state index in [0.29, 0.717) is 17.6 Å². The SMILES string of the molecule is CCCCN(C)CC(O)c1ccc2[nH]c(=O)oc2c1. The summed E-state index contributed by atoms with van der Waals surface area (Å²) in [5, 5.41) is 10.2. The molecule has 19 heavy (non-hydrogen) atoms. The van der Waals surface area contributed by atoms with Gasteiger partial charge in [-0.05, 0) is 37.7 Å². The van der Waals surface area contributed by atoms with Gasteiger partial charge in [-0.25, -0.2) is 4.79 Å². The van der Waals surface area contributed by atoms with Crippen molar-refractivity contribution in [2.75, 3.05) is 20.1 Å². The second-order valence-electron chi connectivity index (χ2n) is 4.90. The van der Waals surface area contributed by atoms with Crippen LogP contribution in [0.25, 0.3) is 11.1 Å². The van der Waals surface area contributed by atoms with Gasteiger partial charge in [0.05, 0.1) is 11.6 Å². The molecule has 0 saturated heterocycles. The fourth-order valence-corrected chi connectivity index (χ4v) is 2.09. The smallest absolute Gasteiger partial charge is 0.408 e. The highest BCUT2D eigenvalue weighted by Gasteiger charge is 2.12. The van der Waals surface area contributed by atoms with Crippen molar-refractivity contribution in [3.8, 4) is 0 Å². The van der Waals surface area contributed by atoms with Crippen molar-refractivity contribution in [3.05, 3.63) is 34.3 Å². The number of aromatic amines is 1. The molecule has 1 heterocycles. The van der Waals surface area contributed by atoms with Crippen molar-refractivity contribution in [2.45, 2.75) is 25.9 Å². The predicted octanol–water partition coefficient (Wildman–Crippen LogP) is 1.89. The van der Waals surface area contributed by atoms with E-state index in [0.717, 1.165) is 24.9 Å². The van der Waals surface area contributed by atoms with Gasteiger partial charge in [-0.2, -0.15) is 0 Å². The Kier molecular flexibility index (Phi) is 4.39. The minimum Gasteiger partial charge on any atom is -0.408 e. The van der Waals surface area contributed by atoms with E-state index < -0.39 is 11.9 Å². The highest BCUT2D eigenvalue weighted by Crippen LogP contribution is 2.19. The summed E-state index contributed by atoms with van der Waals surface area (Å²) in [4.78, 5) is 15.8. The zero-order valence-electron chi connectivity index (χ0n) is 11.3. The second kappa shape index (κ2) is 6.04. The Labute approximate surface area is 111 Å². The normalized spacial score (nSPS) is 13.3. The van der Waals surface area contributed by atoms with E-state index in [9.17, 15) is 9.90 Å². The Morgan fingerprint density at radius 2 is 2.26 bits per heavy atom. The summed E-state index contributed by atoms with van der Waals surface area (Å²) in [6.45, 7) is 3.68. The topological polar surface area (TPSA) is 69.5 Å². The van der Waals surface area contributed by atoms with Crippen molar-refractivity contribution in [1.29, 1.82) is 0 Å². The van der Waals surface area contributed by atoms with Crippen LogP contribution in [-0.4, -0.2) is 35.1 Å². The zero-order chi connectivity index (χ0) is 13.8. The Morgan fingerprint density at radius 3 is 3.00 bits per heavy atom. The summed E-state index contributed by atoms with van der Waals surface area (Å²) in [7, 11) is 1.99. The molecule has 2 aromatic rings. The third-order valence-corrected chi connectivity index (χ3v) is 3.21. The Bertz CT molecular complexity index is 588. The number of fused-ring (bicyclic) bond motifs is 1. The lowest BCUT2D eigenvalue weighted by molar-refractivity contribution is 0.126. The van der Waals surface area contributed by atoms with Gasteiger partial charge in [0.15, 0.2) is 5.58 Å². The number of oxazole rings is 1. The average Bonchev–Trinajstić information content (AvgIpc) is 2.75. The lowest BCUT2D eigenvalue weighted by Crippen LogP contribution is -2.25. The number of rotatable bonds is 6. The van der Waals surface area contributed by atoms with E-state index in [1.165, 1.54) is 0 Å². The molecule has 1 aromatic carbocycles. The third-order valence-electron chi connectivity index (χ3n) is 3.21. The summed E-state index contributed by atoms with van der Waals surface area (Å²) in [5.41, 5.74) is 1.90. The van der Waals surface area contributed by atoms with Crippen molar-refractivity contribution >= 4 is 11.1 Å². The molecule has 0 aliphatic heterocycles. The largest absolute Gasteiger partial charge is 0.417 e. The van der Waals surface area contributed by atoms with Crippen LogP contribution in [0.3, 0.4) is 0 Å². The molecule has 2 N–H and O–H groups in total. The van der Waals surface area contributed by atoms with Crippen molar-refractivity contribution < 1.29 is 9.52 Å². The van der Waals surface area contributed by atoms with Gasteiger partial charge in [0.2, 0.25) is 0 Å². The third kappa shape index (κ3) is 3.45. The van der Waals surface area contributed by atoms with Gasteiger partial charge in [0, 0.05) is 6.54 Å². The van der Waals surface area contributed by atoms with Gasteiger partial charge < -0.3 is 14.4 Å². The van der Waals surface area contributed by atoms with Crippen LogP contribution in [0, 0.1) is 0 Å². The highest BCUT2D eigenvalue weighted by atomic mass is 16.4. The average molecular weight is 264 g/mol. The van der Waals surface area contributed by atoms with Crippen LogP contribution < -0.4 is 5.76 Å². The molecule has 0 amide bonds. The predicted molar refractivity (Wildman–Crippen MR) is 74.2 cm³/mol. The van der Waals surface area contributed by atoms with E-state index in [1.807, 2.05) is 13.1 Å². The summed E-state index contributed by atoms with van der Waals surface area (Å²) in [5.74, 6) is -0.471. The molecule has 104 valence electrons. The van der Waals surface area contributed by atoms with E-state index >= 15 is 0 Å². The van der Waals surface area contributed by atoms with Crippen molar-refractivity contribution in [1.82, 2.24) is 9.88 Å². The van der Waals surface area contributed by atoms with Gasteiger partial charge in [0.1, 0.15) is 0 Å². The lowest BCUT2D eigenvalue weighted by Gasteiger charge is -2.20. The first-order valence-corrected chi connectivity index (χ1v) is 6.59. The Hall–Kier alpha value is -1.59. The molecule has 1 aromatic heterocycles. The number of benzene rings is 1. The minimum atomic E-state index is -0.577. The monoisotopic (exact) mass is 264 g/mol. The van der Waals surface area contributed by atoms with Gasteiger partial charge in [-0.1, -0.05) is 19.4 Å². The minimum absolute atomic E-state index is 0.471. The molecule has 0 aliphatic rings. The summed E-state index contributed by atoms with van der Waals surface area (Å²) in [6.07, 6.45) is 1.68. The standard InChI is InChI=1S/C14H20N2O3/c1-3-4-7-16(2)9-12(17)10-5-6-11-13(8-10)19-14(18)15-11/h5-6,8,12,17H,3-4,7,9H2,1-2H3,(H,15,18). The van der Waals surface area contributed by atoms with Gasteiger partial charge in [0.25, 0.3) is 0 Å². The van der Waals surface area contributed by atoms with Crippen LogP contribution in [0.1, 0.15) is 31.4 Å². The fraction of sp³-hybridized carbons (Fsp3) is 0.500. The molecule has 5 heteroatoms. The maximum atomic E-state index is 11.1. The number of aliphatic hydroxyl groups is 1. The van der Waals surface area contributed by atoms with E-state index in [2.05, 4.69) is 16.8 Å². The molecular weight excluding hydrogens is 244 g/mol. The van der Waals surface area contributed by atoms with Crippen LogP contribution >= 0.6 is 0 Å². The fourth-order valence-electron chi connectivity index (χ4n) is 2.09. The van der Waals surface area contributed by atoms with Crippen LogP contribution in [0.2, 0.25) is 0 Å². The zero-order valence-corrected chi connectivity index (χ0v) is 11.3. The number of aliphatic hydroxyl groups excluding tert-OH is 1. The van der Waals surface area contributed by atoms with Crippen LogP contribution in [-0.2, 0) is 0 Å². The first-order chi connectivity index (χ1) is 9.10. The highest BCUT2D eigenvalue weighted by molar-refractivity contribution is 5.72. The van der Waals surface area contributed by atoms with Crippen LogP contribution in [0.15, 0.2) is 27.4 Å². The van der Waals surface area contributed by atoms with Crippen LogP contribution in [0.4, 0.5) is 0 Å². The number of hydrogen-bond acceptors (Lipinski definition) is 4. The Balaban J connectivity index is 2.08. The molecule has 2 rings (SSSR count). The number of nitrogens with zero attached hydrogens (tertiary/aromatic N) is 1. The van der Waals surface area contributed by atoms with Gasteiger partial charge in [-0.15, -0.1) is 0 Å². The molecule has 0 radical (unpaired) electrons. The molecular formula is C14H20N2O3. The first-order valence-electron chi connectivity index (χ1n) is 6.59. The van der Waals surface area contributed by atoms with Crippen LogP contribution in [0.5, 0.6) is 0 Å². The van der Waals surface area contributed by atoms with E-state index in [-0.39, 0.29) is 0 Å². The van der Waals surface area contributed by atoms with Crippen molar-refractivity contribution in [3.63, 3.8) is 0 Å². The molecule has 1 atom stereocenters. The second-order valence-corrected chi connectivity index (χ2v) is 4.90. The Morgan fingerprint density at radius 1 is 1.47 bits per heavy atom. The maximum absolute atomic E-state index is 11.1. The molecule has 0 saturated carbocycles. The molecule has 0 spiro atoms. The number of nitrogens with one attached hydrogen (secondary N) is 1. The summed E-state index contributed by atoms with van der Waals surface area (Å²) < 4.78 is 4.99. The lowest BCUT2D eigenvalue weighted by atomic mass is 10.1. The molecule has 0 aliphatic carbocycles. The van der Waals surface area contributed by atoms with Crippen molar-refractivity contribution in [2.24, 2.45) is 0 Å². The van der Waals surface area contributed by atoms with Gasteiger partial charge >= 0.3 is 5.76 Å². The first kappa shape index (κ1) is 13.8. The van der Waals surface area contributed by atoms with E-state index in [1.54, 1.807) is 12.1 Å². The summed E-state index contributed by atoms with van der Waals surface area (Å²) >= 11 is 0. The number of H-pyrrole nitrogens is 1. The molecule has 0 bridgehead atoms. The number of aromatic nitrogens is 1. The number of unbranched alkanes of at least 4 members (excludes halogenated alkanes) is 1.